The molecule has 2 aromatic rings. The SMILES string of the molecule is C/C(C(=O)O)=C(\Cl)C(c1ccccc1)c1ccccc1. The van der Waals surface area contributed by atoms with Crippen molar-refractivity contribution in [2.24, 2.45) is 0 Å². The molecule has 0 atom stereocenters. The normalized spacial score (nSPS) is 12.2. The lowest BCUT2D eigenvalue weighted by Gasteiger charge is -2.18. The lowest BCUT2D eigenvalue weighted by molar-refractivity contribution is -0.132. The van der Waals surface area contributed by atoms with Crippen molar-refractivity contribution in [3.8, 4) is 0 Å². The van der Waals surface area contributed by atoms with Gasteiger partial charge in [0.25, 0.3) is 0 Å². The van der Waals surface area contributed by atoms with Crippen LogP contribution < -0.4 is 0 Å². The van der Waals surface area contributed by atoms with Crippen molar-refractivity contribution < 1.29 is 9.90 Å². The Hall–Kier alpha value is -2.06. The number of halogens is 1. The Morgan fingerprint density at radius 1 is 0.950 bits per heavy atom. The molecule has 3 heteroatoms. The van der Waals surface area contributed by atoms with Crippen molar-refractivity contribution in [3.05, 3.63) is 82.4 Å². The van der Waals surface area contributed by atoms with E-state index >= 15 is 0 Å². The average molecular weight is 287 g/mol. The fourth-order valence-corrected chi connectivity index (χ4v) is 2.43. The lowest BCUT2D eigenvalue weighted by Crippen LogP contribution is -2.07. The van der Waals surface area contributed by atoms with Crippen LogP contribution in [-0.4, -0.2) is 11.1 Å². The molecule has 0 aromatic heterocycles. The molecule has 2 rings (SSSR count). The van der Waals surface area contributed by atoms with Crippen molar-refractivity contribution in [1.29, 1.82) is 0 Å². The Labute approximate surface area is 123 Å². The van der Waals surface area contributed by atoms with E-state index in [4.69, 9.17) is 16.7 Å². The standard InChI is InChI=1S/C17H15ClO2/c1-12(17(19)20)16(18)15(13-8-4-2-5-9-13)14-10-6-3-7-11-14/h2-11,15H,1H3,(H,19,20)/b16-12+. The molecular formula is C17H15ClO2. The highest BCUT2D eigenvalue weighted by Crippen LogP contribution is 2.35. The van der Waals surface area contributed by atoms with E-state index in [0.29, 0.717) is 5.03 Å². The van der Waals surface area contributed by atoms with Gasteiger partial charge in [-0.25, -0.2) is 4.79 Å². The highest BCUT2D eigenvalue weighted by atomic mass is 35.5. The van der Waals surface area contributed by atoms with E-state index in [1.54, 1.807) is 0 Å². The summed E-state index contributed by atoms with van der Waals surface area (Å²) in [6.07, 6.45) is 0. The molecule has 0 heterocycles. The lowest BCUT2D eigenvalue weighted by atomic mass is 9.89. The van der Waals surface area contributed by atoms with Crippen LogP contribution in [-0.2, 0) is 4.79 Å². The van der Waals surface area contributed by atoms with Crippen LogP contribution >= 0.6 is 11.6 Å². The van der Waals surface area contributed by atoms with Crippen molar-refractivity contribution in [2.75, 3.05) is 0 Å². The number of allylic oxidation sites excluding steroid dienone is 1. The molecule has 0 amide bonds. The fraction of sp³-hybridized carbons (Fsp3) is 0.118. The highest BCUT2D eigenvalue weighted by Gasteiger charge is 2.21. The molecule has 2 aromatic carbocycles. The summed E-state index contributed by atoms with van der Waals surface area (Å²) in [7, 11) is 0. The minimum Gasteiger partial charge on any atom is -0.478 e. The summed E-state index contributed by atoms with van der Waals surface area (Å²) in [6.45, 7) is 1.53. The summed E-state index contributed by atoms with van der Waals surface area (Å²) in [5, 5.41) is 9.50. The third kappa shape index (κ3) is 3.09. The van der Waals surface area contributed by atoms with Crippen molar-refractivity contribution in [2.45, 2.75) is 12.8 Å². The molecule has 0 fully saturated rings. The average Bonchev–Trinajstić information content (AvgIpc) is 2.48. The van der Waals surface area contributed by atoms with E-state index in [0.717, 1.165) is 11.1 Å². The Balaban J connectivity index is 2.57. The predicted molar refractivity (Wildman–Crippen MR) is 80.9 cm³/mol. The van der Waals surface area contributed by atoms with Gasteiger partial charge in [-0.1, -0.05) is 72.3 Å². The maximum absolute atomic E-state index is 11.2. The van der Waals surface area contributed by atoms with Crippen LogP contribution in [0, 0.1) is 0 Å². The second-order valence-electron chi connectivity index (χ2n) is 4.53. The minimum absolute atomic E-state index is 0.171. The molecule has 20 heavy (non-hydrogen) atoms. The van der Waals surface area contributed by atoms with Crippen LogP contribution in [0.25, 0.3) is 0 Å². The topological polar surface area (TPSA) is 37.3 Å². The van der Waals surface area contributed by atoms with Crippen molar-refractivity contribution in [3.63, 3.8) is 0 Å². The van der Waals surface area contributed by atoms with Gasteiger partial charge in [0.05, 0.1) is 0 Å². The maximum atomic E-state index is 11.2. The molecule has 0 aliphatic carbocycles. The molecule has 2 nitrogen and oxygen atoms in total. The van der Waals surface area contributed by atoms with Crippen molar-refractivity contribution >= 4 is 17.6 Å². The van der Waals surface area contributed by atoms with E-state index in [2.05, 4.69) is 0 Å². The second-order valence-corrected chi connectivity index (χ2v) is 4.94. The smallest absolute Gasteiger partial charge is 0.332 e. The summed E-state index contributed by atoms with van der Waals surface area (Å²) >= 11 is 6.36. The van der Waals surface area contributed by atoms with Crippen LogP contribution in [0.5, 0.6) is 0 Å². The molecule has 0 unspecified atom stereocenters. The van der Waals surface area contributed by atoms with Crippen LogP contribution in [0.3, 0.4) is 0 Å². The number of hydrogen-bond donors (Lipinski definition) is 1. The third-order valence-electron chi connectivity index (χ3n) is 3.20. The number of carboxylic acid groups (broad SMARTS) is 1. The summed E-state index contributed by atoms with van der Waals surface area (Å²) in [5.74, 6) is -1.25. The first kappa shape index (κ1) is 14.4. The molecule has 1 N–H and O–H groups in total. The van der Waals surface area contributed by atoms with Gasteiger partial charge in [0.15, 0.2) is 0 Å². The van der Waals surface area contributed by atoms with E-state index in [-0.39, 0.29) is 11.5 Å². The highest BCUT2D eigenvalue weighted by molar-refractivity contribution is 6.32. The number of aliphatic carboxylic acids is 1. The van der Waals surface area contributed by atoms with Gasteiger partial charge in [-0.15, -0.1) is 0 Å². The molecule has 0 aliphatic rings. The van der Waals surface area contributed by atoms with Crippen LogP contribution in [0.1, 0.15) is 24.0 Å². The first-order valence-corrected chi connectivity index (χ1v) is 6.68. The van der Waals surface area contributed by atoms with Crippen molar-refractivity contribution in [1.82, 2.24) is 0 Å². The number of hydrogen-bond acceptors (Lipinski definition) is 1. The molecular weight excluding hydrogens is 272 g/mol. The van der Waals surface area contributed by atoms with Gasteiger partial charge >= 0.3 is 5.97 Å². The van der Waals surface area contributed by atoms with E-state index < -0.39 is 5.97 Å². The van der Waals surface area contributed by atoms with E-state index in [1.807, 2.05) is 60.7 Å². The largest absolute Gasteiger partial charge is 0.478 e. The molecule has 102 valence electrons. The molecule has 0 saturated carbocycles. The first-order chi connectivity index (χ1) is 9.61. The number of carboxylic acids is 1. The number of carbonyl (C=O) groups is 1. The van der Waals surface area contributed by atoms with Gasteiger partial charge < -0.3 is 5.11 Å². The summed E-state index contributed by atoms with van der Waals surface area (Å²) < 4.78 is 0. The van der Waals surface area contributed by atoms with Crippen LogP contribution in [0.4, 0.5) is 0 Å². The zero-order chi connectivity index (χ0) is 14.5. The number of benzene rings is 2. The minimum atomic E-state index is -0.994. The number of rotatable bonds is 4. The quantitative estimate of drug-likeness (QED) is 0.845. The maximum Gasteiger partial charge on any atom is 0.332 e. The Kier molecular flexibility index (Phi) is 4.59. The zero-order valence-corrected chi connectivity index (χ0v) is 11.8. The fourth-order valence-electron chi connectivity index (χ4n) is 2.09. The summed E-state index contributed by atoms with van der Waals surface area (Å²) in [4.78, 5) is 11.2. The Morgan fingerprint density at radius 3 is 1.70 bits per heavy atom. The summed E-state index contributed by atoms with van der Waals surface area (Å²) in [5.41, 5.74) is 2.12. The Bertz CT molecular complexity index is 578. The molecule has 0 bridgehead atoms. The van der Waals surface area contributed by atoms with Gasteiger partial charge in [-0.3, -0.25) is 0 Å². The van der Waals surface area contributed by atoms with Crippen LogP contribution in [0.15, 0.2) is 71.3 Å². The second kappa shape index (κ2) is 6.40. The van der Waals surface area contributed by atoms with E-state index in [9.17, 15) is 4.79 Å². The molecule has 0 radical (unpaired) electrons. The molecule has 0 spiro atoms. The van der Waals surface area contributed by atoms with Crippen LogP contribution in [0.2, 0.25) is 0 Å². The van der Waals surface area contributed by atoms with Gasteiger partial charge in [-0.05, 0) is 18.1 Å². The van der Waals surface area contributed by atoms with Gasteiger partial charge in [0.2, 0.25) is 0 Å². The third-order valence-corrected chi connectivity index (χ3v) is 3.70. The zero-order valence-electron chi connectivity index (χ0n) is 11.1. The summed E-state index contributed by atoms with van der Waals surface area (Å²) in [6, 6.07) is 19.4. The van der Waals surface area contributed by atoms with E-state index in [1.165, 1.54) is 6.92 Å². The first-order valence-electron chi connectivity index (χ1n) is 6.30. The Morgan fingerprint density at radius 2 is 1.35 bits per heavy atom. The van der Waals surface area contributed by atoms with Gasteiger partial charge in [-0.2, -0.15) is 0 Å². The van der Waals surface area contributed by atoms with Gasteiger partial charge in [0, 0.05) is 16.5 Å². The monoisotopic (exact) mass is 286 g/mol. The molecule has 0 aliphatic heterocycles. The van der Waals surface area contributed by atoms with Gasteiger partial charge in [0.1, 0.15) is 0 Å². The molecule has 0 saturated heterocycles. The predicted octanol–water partition coefficient (Wildman–Crippen LogP) is 4.42.